The summed E-state index contributed by atoms with van der Waals surface area (Å²) in [5.74, 6) is 5.42. The quantitative estimate of drug-likeness (QED) is 0.0998. The number of nitrogens with one attached hydrogen (secondary N) is 1. The molecule has 5 N–H and O–H groups in total. The highest BCUT2D eigenvalue weighted by Crippen LogP contribution is 2.67. The second-order valence-corrected chi connectivity index (χ2v) is 15.6. The minimum absolute atomic E-state index is 0.373. The van der Waals surface area contributed by atoms with E-state index in [1.807, 2.05) is 0 Å². The Balaban J connectivity index is 1.32. The first-order valence-electron chi connectivity index (χ1n) is 17.9. The molecule has 5 heteroatoms. The van der Waals surface area contributed by atoms with Gasteiger partial charge in [-0.2, -0.15) is 0 Å². The van der Waals surface area contributed by atoms with Crippen LogP contribution in [-0.4, -0.2) is 57.0 Å². The molecule has 0 aromatic heterocycles. The molecule has 0 saturated heterocycles. The Kier molecular flexibility index (Phi) is 12.6. The average Bonchev–Trinajstić information content (AvgIpc) is 3.31. The zero-order valence-corrected chi connectivity index (χ0v) is 27.8. The van der Waals surface area contributed by atoms with E-state index in [-0.39, 0.29) is 0 Å². The van der Waals surface area contributed by atoms with Gasteiger partial charge in [0.25, 0.3) is 0 Å². The Hall–Kier alpha value is -0.460. The number of hydrogen-bond acceptors (Lipinski definition) is 5. The van der Waals surface area contributed by atoms with Crippen molar-refractivity contribution in [3.63, 3.8) is 0 Å². The van der Waals surface area contributed by atoms with Crippen molar-refractivity contribution in [1.29, 1.82) is 0 Å². The third-order valence-corrected chi connectivity index (χ3v) is 12.6. The van der Waals surface area contributed by atoms with Crippen molar-refractivity contribution in [2.24, 2.45) is 57.8 Å². The summed E-state index contributed by atoms with van der Waals surface area (Å²) in [4.78, 5) is 2.47. The molecule has 0 amide bonds. The Morgan fingerprint density at radius 2 is 1.73 bits per heavy atom. The van der Waals surface area contributed by atoms with Crippen LogP contribution >= 0.6 is 0 Å². The summed E-state index contributed by atoms with van der Waals surface area (Å²) >= 11 is 0. The zero-order valence-electron chi connectivity index (χ0n) is 27.8. The number of fused-ring (bicyclic) bond motifs is 5. The van der Waals surface area contributed by atoms with Crippen LogP contribution in [0.4, 0.5) is 0 Å². The molecule has 0 aromatic rings. The number of ether oxygens (including phenoxy) is 1. The molecule has 4 aliphatic rings. The van der Waals surface area contributed by atoms with Crippen molar-refractivity contribution >= 4 is 0 Å². The van der Waals surface area contributed by atoms with Crippen LogP contribution in [0, 0.1) is 46.3 Å². The van der Waals surface area contributed by atoms with Gasteiger partial charge in [-0.3, -0.25) is 4.90 Å². The minimum Gasteiger partial charge on any atom is -0.363 e. The summed E-state index contributed by atoms with van der Waals surface area (Å²) in [5, 5.41) is 3.42. The number of allylic oxidation sites excluding steroid dienone is 1. The van der Waals surface area contributed by atoms with Crippen LogP contribution in [0.3, 0.4) is 0 Å². The molecule has 8 unspecified atom stereocenters. The molecule has 0 aliphatic heterocycles. The summed E-state index contributed by atoms with van der Waals surface area (Å²) in [6.07, 6.45) is 20.4. The highest BCUT2D eigenvalue weighted by Gasteiger charge is 2.59. The van der Waals surface area contributed by atoms with Gasteiger partial charge in [0.2, 0.25) is 0 Å². The van der Waals surface area contributed by atoms with E-state index >= 15 is 0 Å². The van der Waals surface area contributed by atoms with Crippen molar-refractivity contribution in [2.75, 3.05) is 46.0 Å². The molecule has 0 radical (unpaired) electrons. The SMILES string of the molecule is CC(C)CCCC(C)C1CCC2C3CC=C4CC(OCN(CCCN)CCCNCCN)CCC4(C)C3CCC12C. The van der Waals surface area contributed by atoms with E-state index in [0.717, 1.165) is 94.2 Å². The second-order valence-electron chi connectivity index (χ2n) is 15.6. The molecule has 41 heavy (non-hydrogen) atoms. The molecule has 8 atom stereocenters. The maximum atomic E-state index is 6.63. The van der Waals surface area contributed by atoms with E-state index in [9.17, 15) is 0 Å². The Morgan fingerprint density at radius 1 is 0.927 bits per heavy atom. The molecule has 3 saturated carbocycles. The van der Waals surface area contributed by atoms with Crippen molar-refractivity contribution in [1.82, 2.24) is 10.2 Å². The predicted octanol–water partition coefficient (Wildman–Crippen LogP) is 6.96. The van der Waals surface area contributed by atoms with Gasteiger partial charge in [0.05, 0.1) is 12.8 Å². The van der Waals surface area contributed by atoms with Crippen LogP contribution in [0.5, 0.6) is 0 Å². The van der Waals surface area contributed by atoms with Gasteiger partial charge >= 0.3 is 0 Å². The summed E-state index contributed by atoms with van der Waals surface area (Å²) in [7, 11) is 0. The van der Waals surface area contributed by atoms with Crippen molar-refractivity contribution in [3.05, 3.63) is 11.6 Å². The number of nitrogens with two attached hydrogens (primary N) is 2. The maximum Gasteiger partial charge on any atom is 0.0994 e. The fourth-order valence-corrected chi connectivity index (χ4v) is 10.2. The molecular formula is C36H68N4O. The first-order valence-corrected chi connectivity index (χ1v) is 17.9. The van der Waals surface area contributed by atoms with Crippen LogP contribution in [0.25, 0.3) is 0 Å². The topological polar surface area (TPSA) is 76.5 Å². The lowest BCUT2D eigenvalue weighted by Crippen LogP contribution is -2.51. The Morgan fingerprint density at radius 3 is 2.49 bits per heavy atom. The van der Waals surface area contributed by atoms with Gasteiger partial charge in [-0.05, 0) is 124 Å². The number of hydrogen-bond donors (Lipinski definition) is 3. The molecule has 0 aromatic carbocycles. The largest absolute Gasteiger partial charge is 0.363 e. The average molecular weight is 573 g/mol. The van der Waals surface area contributed by atoms with E-state index in [1.54, 1.807) is 5.57 Å². The molecular weight excluding hydrogens is 504 g/mol. The lowest BCUT2D eigenvalue weighted by molar-refractivity contribution is -0.0762. The van der Waals surface area contributed by atoms with Crippen LogP contribution in [0.1, 0.15) is 118 Å². The van der Waals surface area contributed by atoms with E-state index in [0.29, 0.717) is 23.5 Å². The molecule has 0 heterocycles. The Bertz CT molecular complexity index is 815. The van der Waals surface area contributed by atoms with E-state index in [2.05, 4.69) is 50.9 Å². The third-order valence-electron chi connectivity index (χ3n) is 12.6. The summed E-state index contributed by atoms with van der Waals surface area (Å²) in [6.45, 7) is 18.9. The molecule has 4 rings (SSSR count). The highest BCUT2D eigenvalue weighted by atomic mass is 16.5. The smallest absolute Gasteiger partial charge is 0.0994 e. The second kappa shape index (κ2) is 15.5. The molecule has 4 aliphatic carbocycles. The minimum atomic E-state index is 0.373. The monoisotopic (exact) mass is 573 g/mol. The van der Waals surface area contributed by atoms with Gasteiger partial charge in [-0.25, -0.2) is 0 Å². The van der Waals surface area contributed by atoms with Crippen LogP contribution in [-0.2, 0) is 4.74 Å². The summed E-state index contributed by atoms with van der Waals surface area (Å²) < 4.78 is 6.63. The predicted molar refractivity (Wildman–Crippen MR) is 175 cm³/mol. The zero-order chi connectivity index (χ0) is 29.5. The Labute approximate surface area is 254 Å². The van der Waals surface area contributed by atoms with Gasteiger partial charge in [0.15, 0.2) is 0 Å². The van der Waals surface area contributed by atoms with Gasteiger partial charge < -0.3 is 21.5 Å². The van der Waals surface area contributed by atoms with Gasteiger partial charge in [0.1, 0.15) is 0 Å². The van der Waals surface area contributed by atoms with Crippen molar-refractivity contribution < 1.29 is 4.74 Å². The van der Waals surface area contributed by atoms with Crippen LogP contribution in [0.15, 0.2) is 11.6 Å². The number of rotatable bonds is 17. The standard InChI is InChI=1S/C36H68N4O/c1-27(2)9-6-10-28(3)32-13-14-33-31-12-11-29-25-30(15-17-35(29,4)34(31)16-18-36(32,33)5)41-26-40(23-7-19-37)24-8-21-39-22-20-38/h11,27-28,30-34,39H,6-10,12-26,37-38H2,1-5H3. The van der Waals surface area contributed by atoms with Crippen LogP contribution in [0.2, 0.25) is 0 Å². The van der Waals surface area contributed by atoms with Crippen LogP contribution < -0.4 is 16.8 Å². The van der Waals surface area contributed by atoms with Gasteiger partial charge in [-0.1, -0.05) is 65.5 Å². The summed E-state index contributed by atoms with van der Waals surface area (Å²) in [6, 6.07) is 0. The lowest BCUT2D eigenvalue weighted by Gasteiger charge is -2.58. The van der Waals surface area contributed by atoms with Gasteiger partial charge in [0, 0.05) is 26.2 Å². The van der Waals surface area contributed by atoms with E-state index in [1.165, 1.54) is 64.2 Å². The van der Waals surface area contributed by atoms with Crippen molar-refractivity contribution in [3.8, 4) is 0 Å². The first-order chi connectivity index (χ1) is 19.7. The first kappa shape index (κ1) is 33.4. The number of nitrogens with zero attached hydrogens (tertiary/aromatic N) is 1. The fourth-order valence-electron chi connectivity index (χ4n) is 10.2. The summed E-state index contributed by atoms with van der Waals surface area (Å²) in [5.41, 5.74) is 14.2. The normalized spacial score (nSPS) is 35.7. The lowest BCUT2D eigenvalue weighted by atomic mass is 9.47. The molecule has 0 bridgehead atoms. The molecule has 0 spiro atoms. The third kappa shape index (κ3) is 7.98. The highest BCUT2D eigenvalue weighted by molar-refractivity contribution is 5.25. The molecule has 5 nitrogen and oxygen atoms in total. The molecule has 238 valence electrons. The fraction of sp³-hybridized carbons (Fsp3) is 0.944. The van der Waals surface area contributed by atoms with Gasteiger partial charge in [-0.15, -0.1) is 0 Å². The maximum absolute atomic E-state index is 6.63. The van der Waals surface area contributed by atoms with Crippen molar-refractivity contribution in [2.45, 2.75) is 124 Å². The molecule has 3 fully saturated rings. The van der Waals surface area contributed by atoms with E-state index < -0.39 is 0 Å². The van der Waals surface area contributed by atoms with E-state index in [4.69, 9.17) is 16.2 Å².